The Kier molecular flexibility index (Phi) is 7.15. The van der Waals surface area contributed by atoms with Gasteiger partial charge in [-0.2, -0.15) is 0 Å². The first kappa shape index (κ1) is 31.1. The average molecular weight is 670 g/mol. The van der Waals surface area contributed by atoms with Crippen LogP contribution in [0.5, 0.6) is 0 Å². The largest absolute Gasteiger partial charge is 0.310 e. The highest BCUT2D eigenvalue weighted by Crippen LogP contribution is 2.57. The molecule has 0 unspecified atom stereocenters. The quantitative estimate of drug-likeness (QED) is 0.176. The summed E-state index contributed by atoms with van der Waals surface area (Å²) < 4.78 is 0. The second-order valence-electron chi connectivity index (χ2n) is 15.6. The maximum Gasteiger partial charge on any atom is 0.0540 e. The van der Waals surface area contributed by atoms with Gasteiger partial charge in [-0.3, -0.25) is 0 Å². The molecule has 252 valence electrons. The summed E-state index contributed by atoms with van der Waals surface area (Å²) in [5, 5.41) is 0. The fraction of sp³-hybridized carbons (Fsp3) is 0.176. The highest BCUT2D eigenvalue weighted by molar-refractivity contribution is 5.92. The van der Waals surface area contributed by atoms with Gasteiger partial charge in [0.1, 0.15) is 0 Å². The molecule has 10 rings (SSSR count). The van der Waals surface area contributed by atoms with Crippen molar-refractivity contribution < 1.29 is 0 Å². The number of benzene rings is 7. The van der Waals surface area contributed by atoms with E-state index < -0.39 is 0 Å². The molecule has 0 aliphatic heterocycles. The summed E-state index contributed by atoms with van der Waals surface area (Å²) in [6, 6.07) is 61.4. The van der Waals surface area contributed by atoms with Gasteiger partial charge in [-0.15, -0.1) is 0 Å². The molecule has 3 aliphatic rings. The van der Waals surface area contributed by atoms with Crippen LogP contribution in [-0.4, -0.2) is 0 Å². The van der Waals surface area contributed by atoms with Crippen LogP contribution >= 0.6 is 0 Å². The number of para-hydroxylation sites is 1. The Hall–Kier alpha value is -5.66. The van der Waals surface area contributed by atoms with Gasteiger partial charge < -0.3 is 4.90 Å². The molecule has 7 aromatic carbocycles. The minimum Gasteiger partial charge on any atom is -0.310 e. The van der Waals surface area contributed by atoms with Crippen molar-refractivity contribution in [2.45, 2.75) is 56.8 Å². The summed E-state index contributed by atoms with van der Waals surface area (Å²) >= 11 is 0. The molecule has 1 spiro atoms. The van der Waals surface area contributed by atoms with Crippen molar-refractivity contribution in [1.29, 1.82) is 0 Å². The van der Waals surface area contributed by atoms with E-state index in [1.807, 2.05) is 0 Å². The van der Waals surface area contributed by atoms with Crippen LogP contribution in [0.1, 0.15) is 68.2 Å². The zero-order chi connectivity index (χ0) is 34.9. The molecule has 1 heteroatoms. The lowest BCUT2D eigenvalue weighted by Crippen LogP contribution is -2.28. The topological polar surface area (TPSA) is 3.24 Å². The Morgan fingerprint density at radius 2 is 0.962 bits per heavy atom. The van der Waals surface area contributed by atoms with Crippen molar-refractivity contribution in [2.24, 2.45) is 0 Å². The van der Waals surface area contributed by atoms with Gasteiger partial charge in [0.25, 0.3) is 0 Å². The third-order valence-corrected chi connectivity index (χ3v) is 12.5. The predicted octanol–water partition coefficient (Wildman–Crippen LogP) is 14.0. The molecule has 1 fully saturated rings. The van der Waals surface area contributed by atoms with Crippen molar-refractivity contribution in [3.8, 4) is 44.5 Å². The van der Waals surface area contributed by atoms with E-state index in [0.29, 0.717) is 0 Å². The molecular weight excluding hydrogens is 627 g/mol. The third kappa shape index (κ3) is 4.61. The third-order valence-electron chi connectivity index (χ3n) is 12.5. The second kappa shape index (κ2) is 12.0. The van der Waals surface area contributed by atoms with Gasteiger partial charge in [0, 0.05) is 27.8 Å². The molecule has 1 saturated carbocycles. The number of anilines is 3. The van der Waals surface area contributed by atoms with E-state index >= 15 is 0 Å². The van der Waals surface area contributed by atoms with Crippen LogP contribution in [0.4, 0.5) is 17.1 Å². The number of hydrogen-bond donors (Lipinski definition) is 0. The summed E-state index contributed by atoms with van der Waals surface area (Å²) in [5.41, 5.74) is 20.0. The van der Waals surface area contributed by atoms with Crippen LogP contribution in [0, 0.1) is 0 Å². The molecule has 0 heterocycles. The number of hydrogen-bond acceptors (Lipinski definition) is 1. The smallest absolute Gasteiger partial charge is 0.0540 e. The normalized spacial score (nSPS) is 15.8. The van der Waals surface area contributed by atoms with Gasteiger partial charge in [0.2, 0.25) is 0 Å². The SMILES string of the molecule is CC1(C)c2ccccc2-c2cccc(-c3ccc(N(c4ccc5c(c4)C4(CCCCC4)c4ccccc4-5)c4ccccc4-c4ccccc4)cc3)c21. The summed E-state index contributed by atoms with van der Waals surface area (Å²) in [6.45, 7) is 4.76. The van der Waals surface area contributed by atoms with Crippen LogP contribution in [0.25, 0.3) is 44.5 Å². The predicted molar refractivity (Wildman–Crippen MR) is 219 cm³/mol. The van der Waals surface area contributed by atoms with Crippen molar-refractivity contribution in [3.05, 3.63) is 186 Å². The lowest BCUT2D eigenvalue weighted by molar-refractivity contribution is 0.353. The van der Waals surface area contributed by atoms with Gasteiger partial charge in [-0.25, -0.2) is 0 Å². The van der Waals surface area contributed by atoms with E-state index in [9.17, 15) is 0 Å². The zero-order valence-electron chi connectivity index (χ0n) is 30.1. The van der Waals surface area contributed by atoms with Gasteiger partial charge in [0.05, 0.1) is 5.69 Å². The van der Waals surface area contributed by atoms with Crippen LogP contribution in [0.3, 0.4) is 0 Å². The molecule has 0 aromatic heterocycles. The summed E-state index contributed by atoms with van der Waals surface area (Å²) in [6.07, 6.45) is 6.33. The Morgan fingerprint density at radius 3 is 1.73 bits per heavy atom. The van der Waals surface area contributed by atoms with Crippen molar-refractivity contribution >= 4 is 17.1 Å². The van der Waals surface area contributed by atoms with Gasteiger partial charge in [-0.1, -0.05) is 167 Å². The Morgan fingerprint density at radius 1 is 0.404 bits per heavy atom. The van der Waals surface area contributed by atoms with Gasteiger partial charge in [-0.05, 0) is 104 Å². The van der Waals surface area contributed by atoms with Gasteiger partial charge >= 0.3 is 0 Å². The monoisotopic (exact) mass is 669 g/mol. The summed E-state index contributed by atoms with van der Waals surface area (Å²) in [5.74, 6) is 0. The molecule has 0 bridgehead atoms. The highest BCUT2D eigenvalue weighted by Gasteiger charge is 2.44. The lowest BCUT2D eigenvalue weighted by Gasteiger charge is -2.37. The van der Waals surface area contributed by atoms with E-state index in [1.54, 1.807) is 0 Å². The van der Waals surface area contributed by atoms with E-state index in [2.05, 4.69) is 183 Å². The van der Waals surface area contributed by atoms with E-state index in [0.717, 1.165) is 5.69 Å². The van der Waals surface area contributed by atoms with Crippen LogP contribution in [0.2, 0.25) is 0 Å². The van der Waals surface area contributed by atoms with Crippen LogP contribution in [-0.2, 0) is 10.8 Å². The first-order chi connectivity index (χ1) is 25.5. The van der Waals surface area contributed by atoms with Crippen LogP contribution < -0.4 is 4.90 Å². The molecule has 52 heavy (non-hydrogen) atoms. The maximum absolute atomic E-state index is 2.54. The summed E-state index contributed by atoms with van der Waals surface area (Å²) in [4.78, 5) is 2.50. The van der Waals surface area contributed by atoms with E-state index in [-0.39, 0.29) is 10.8 Å². The number of rotatable bonds is 5. The lowest BCUT2D eigenvalue weighted by atomic mass is 9.68. The maximum atomic E-state index is 2.54. The number of fused-ring (bicyclic) bond motifs is 8. The van der Waals surface area contributed by atoms with Crippen molar-refractivity contribution in [3.63, 3.8) is 0 Å². The Bertz CT molecular complexity index is 2460. The number of nitrogens with zero attached hydrogens (tertiary/aromatic N) is 1. The molecule has 7 aromatic rings. The van der Waals surface area contributed by atoms with Crippen molar-refractivity contribution in [1.82, 2.24) is 0 Å². The van der Waals surface area contributed by atoms with E-state index in [1.165, 1.54) is 110 Å². The average Bonchev–Trinajstić information content (AvgIpc) is 3.60. The molecular formula is C51H43N. The van der Waals surface area contributed by atoms with Gasteiger partial charge in [0.15, 0.2) is 0 Å². The Balaban J connectivity index is 1.14. The summed E-state index contributed by atoms with van der Waals surface area (Å²) in [7, 11) is 0. The van der Waals surface area contributed by atoms with Crippen LogP contribution in [0.15, 0.2) is 164 Å². The Labute approximate surface area is 308 Å². The minimum absolute atomic E-state index is 0.0705. The van der Waals surface area contributed by atoms with Crippen molar-refractivity contribution in [2.75, 3.05) is 4.90 Å². The molecule has 0 atom stereocenters. The molecule has 0 amide bonds. The molecule has 0 radical (unpaired) electrons. The molecule has 0 N–H and O–H groups in total. The zero-order valence-corrected chi connectivity index (χ0v) is 30.1. The van der Waals surface area contributed by atoms with E-state index in [4.69, 9.17) is 0 Å². The second-order valence-corrected chi connectivity index (χ2v) is 15.6. The molecule has 3 aliphatic carbocycles. The fourth-order valence-corrected chi connectivity index (χ4v) is 10.1. The highest BCUT2D eigenvalue weighted by atomic mass is 15.1. The first-order valence-electron chi connectivity index (χ1n) is 19.1. The molecule has 0 saturated heterocycles. The standard InChI is InChI=1S/C51H43N/c1-50(2)45-23-10-7-20-42(45)44-22-15-21-40(49(44)50)36-26-28-37(29-27-36)52(48-25-12-9-18-39(48)35-16-5-3-6-17-35)38-30-31-43-41-19-8-11-24-46(41)51(47(43)34-38)32-13-4-14-33-51/h3,5-12,15-31,34H,4,13-14,32-33H2,1-2H3. The minimum atomic E-state index is -0.0705. The first-order valence-corrected chi connectivity index (χ1v) is 19.1. The fourth-order valence-electron chi connectivity index (χ4n) is 10.1. The molecule has 1 nitrogen and oxygen atoms in total.